The second-order valence-corrected chi connectivity index (χ2v) is 4.71. The van der Waals surface area contributed by atoms with Gasteiger partial charge in [-0.15, -0.1) is 0 Å². The number of hydrogen-bond donors (Lipinski definition) is 1. The summed E-state index contributed by atoms with van der Waals surface area (Å²) >= 11 is 0. The van der Waals surface area contributed by atoms with Crippen molar-refractivity contribution in [3.05, 3.63) is 24.0 Å². The number of para-hydroxylation sites is 1. The normalized spacial score (nSPS) is 18.3. The molecule has 1 aliphatic rings. The number of anilines is 1. The number of sulfonamides is 1. The molecule has 15 heavy (non-hydrogen) atoms. The van der Waals surface area contributed by atoms with Crippen LogP contribution in [-0.4, -0.2) is 21.5 Å². The maximum Gasteiger partial charge on any atom is 0.335 e. The Balaban J connectivity index is 2.81. The van der Waals surface area contributed by atoms with Crippen LogP contribution in [0.1, 0.15) is 0 Å². The summed E-state index contributed by atoms with van der Waals surface area (Å²) < 4.78 is 38.0. The van der Waals surface area contributed by atoms with Gasteiger partial charge in [-0.2, -0.15) is 0 Å². The summed E-state index contributed by atoms with van der Waals surface area (Å²) in [6.07, 6.45) is 0. The molecule has 2 rings (SSSR count). The lowest BCUT2D eigenvalue weighted by Crippen LogP contribution is -2.46. The van der Waals surface area contributed by atoms with Gasteiger partial charge in [-0.25, -0.2) is 22.3 Å². The standard InChI is InChI=1S/C8H7FN2O3S/c1-11-7-5(9)3-2-4-6(7)15(13,14)10-8(11)12/h2-4H,1H3,(H,10,12). The van der Waals surface area contributed by atoms with Crippen molar-refractivity contribution < 1.29 is 17.6 Å². The summed E-state index contributed by atoms with van der Waals surface area (Å²) in [7, 11) is -2.63. The van der Waals surface area contributed by atoms with Crippen molar-refractivity contribution in [1.29, 1.82) is 0 Å². The van der Waals surface area contributed by atoms with Gasteiger partial charge in [0.1, 0.15) is 16.4 Å². The van der Waals surface area contributed by atoms with Crippen molar-refractivity contribution in [1.82, 2.24) is 4.72 Å². The van der Waals surface area contributed by atoms with Gasteiger partial charge in [-0.05, 0) is 12.1 Å². The first-order valence-electron chi connectivity index (χ1n) is 4.02. The fourth-order valence-corrected chi connectivity index (χ4v) is 2.60. The molecule has 0 aromatic heterocycles. The molecule has 1 aromatic rings. The fraction of sp³-hybridized carbons (Fsp3) is 0.125. The van der Waals surface area contributed by atoms with E-state index >= 15 is 0 Å². The molecule has 7 heteroatoms. The lowest BCUT2D eigenvalue weighted by molar-refractivity contribution is 0.251. The van der Waals surface area contributed by atoms with Crippen LogP contribution < -0.4 is 9.62 Å². The number of urea groups is 1. The minimum Gasteiger partial charge on any atom is -0.293 e. The van der Waals surface area contributed by atoms with Crippen molar-refractivity contribution >= 4 is 21.7 Å². The highest BCUT2D eigenvalue weighted by Crippen LogP contribution is 2.30. The molecular weight excluding hydrogens is 223 g/mol. The summed E-state index contributed by atoms with van der Waals surface area (Å²) in [5.74, 6) is -0.742. The number of rotatable bonds is 0. The molecule has 0 saturated heterocycles. The number of benzene rings is 1. The van der Waals surface area contributed by atoms with Crippen LogP contribution in [0.15, 0.2) is 23.1 Å². The van der Waals surface area contributed by atoms with E-state index in [1.807, 2.05) is 0 Å². The zero-order valence-corrected chi connectivity index (χ0v) is 8.51. The van der Waals surface area contributed by atoms with E-state index in [0.29, 0.717) is 0 Å². The Morgan fingerprint density at radius 2 is 2.07 bits per heavy atom. The third kappa shape index (κ3) is 1.35. The van der Waals surface area contributed by atoms with Gasteiger partial charge in [0.25, 0.3) is 10.0 Å². The minimum atomic E-state index is -3.93. The number of amides is 2. The monoisotopic (exact) mass is 230 g/mol. The van der Waals surface area contributed by atoms with E-state index in [0.717, 1.165) is 11.0 Å². The molecule has 1 aromatic carbocycles. The predicted molar refractivity (Wildman–Crippen MR) is 50.5 cm³/mol. The second kappa shape index (κ2) is 2.93. The average molecular weight is 230 g/mol. The topological polar surface area (TPSA) is 66.5 Å². The summed E-state index contributed by atoms with van der Waals surface area (Å²) in [6, 6.07) is 2.75. The molecule has 0 aliphatic carbocycles. The van der Waals surface area contributed by atoms with Crippen LogP contribution in [0.2, 0.25) is 0 Å². The largest absolute Gasteiger partial charge is 0.335 e. The number of nitrogens with zero attached hydrogens (tertiary/aromatic N) is 1. The van der Waals surface area contributed by atoms with E-state index in [2.05, 4.69) is 0 Å². The molecule has 0 radical (unpaired) electrons. The second-order valence-electron chi connectivity index (χ2n) is 3.06. The fourth-order valence-electron chi connectivity index (χ4n) is 1.38. The van der Waals surface area contributed by atoms with E-state index in [9.17, 15) is 17.6 Å². The minimum absolute atomic E-state index is 0.221. The van der Waals surface area contributed by atoms with E-state index in [1.165, 1.54) is 19.2 Å². The Kier molecular flexibility index (Phi) is 1.93. The van der Waals surface area contributed by atoms with Crippen LogP contribution in [-0.2, 0) is 10.0 Å². The molecule has 0 bridgehead atoms. The number of nitrogens with one attached hydrogen (secondary N) is 1. The molecule has 0 spiro atoms. The molecule has 0 unspecified atom stereocenters. The summed E-state index contributed by atoms with van der Waals surface area (Å²) in [5.41, 5.74) is -0.221. The number of fused-ring (bicyclic) bond motifs is 1. The van der Waals surface area contributed by atoms with Crippen LogP contribution in [0.25, 0.3) is 0 Å². The highest BCUT2D eigenvalue weighted by Gasteiger charge is 2.33. The number of hydrogen-bond acceptors (Lipinski definition) is 3. The zero-order valence-electron chi connectivity index (χ0n) is 7.69. The Morgan fingerprint density at radius 3 is 2.73 bits per heavy atom. The first kappa shape index (κ1) is 9.91. The van der Waals surface area contributed by atoms with Crippen molar-refractivity contribution in [2.45, 2.75) is 4.90 Å². The summed E-state index contributed by atoms with van der Waals surface area (Å²) in [5, 5.41) is 0. The average Bonchev–Trinajstić information content (AvgIpc) is 2.14. The van der Waals surface area contributed by atoms with Crippen LogP contribution in [0.3, 0.4) is 0 Å². The van der Waals surface area contributed by atoms with Gasteiger partial charge in [-0.3, -0.25) is 4.90 Å². The van der Waals surface area contributed by atoms with E-state index in [-0.39, 0.29) is 10.6 Å². The Labute approximate surface area is 85.6 Å². The summed E-state index contributed by atoms with van der Waals surface area (Å²) in [6.45, 7) is 0. The lowest BCUT2D eigenvalue weighted by Gasteiger charge is -2.26. The SMILES string of the molecule is CN1C(=O)NS(=O)(=O)c2cccc(F)c21. The van der Waals surface area contributed by atoms with Crippen LogP contribution >= 0.6 is 0 Å². The van der Waals surface area contributed by atoms with Crippen molar-refractivity contribution in [3.8, 4) is 0 Å². The number of halogens is 1. The smallest absolute Gasteiger partial charge is 0.293 e. The van der Waals surface area contributed by atoms with Crippen molar-refractivity contribution in [3.63, 3.8) is 0 Å². The first-order valence-corrected chi connectivity index (χ1v) is 5.51. The maximum absolute atomic E-state index is 13.4. The molecule has 1 N–H and O–H groups in total. The van der Waals surface area contributed by atoms with Gasteiger partial charge in [-0.1, -0.05) is 6.07 Å². The van der Waals surface area contributed by atoms with Crippen LogP contribution in [0.5, 0.6) is 0 Å². The third-order valence-electron chi connectivity index (χ3n) is 2.10. The number of carbonyl (C=O) groups is 1. The van der Waals surface area contributed by atoms with E-state index < -0.39 is 21.9 Å². The van der Waals surface area contributed by atoms with E-state index in [1.54, 1.807) is 4.72 Å². The van der Waals surface area contributed by atoms with Gasteiger partial charge in [0, 0.05) is 7.05 Å². The molecule has 80 valence electrons. The molecule has 0 saturated carbocycles. The van der Waals surface area contributed by atoms with E-state index in [4.69, 9.17) is 0 Å². The van der Waals surface area contributed by atoms with Gasteiger partial charge in [0.2, 0.25) is 0 Å². The number of carbonyl (C=O) groups excluding carboxylic acids is 1. The molecule has 5 nitrogen and oxygen atoms in total. The Hall–Kier alpha value is -1.63. The van der Waals surface area contributed by atoms with Crippen LogP contribution in [0.4, 0.5) is 14.9 Å². The molecule has 0 fully saturated rings. The summed E-state index contributed by atoms with van der Waals surface area (Å²) in [4.78, 5) is 11.9. The lowest BCUT2D eigenvalue weighted by atomic mass is 10.3. The quantitative estimate of drug-likeness (QED) is 0.712. The van der Waals surface area contributed by atoms with Gasteiger partial charge in [0.05, 0.1) is 0 Å². The third-order valence-corrected chi connectivity index (χ3v) is 3.45. The predicted octanol–water partition coefficient (Wildman–Crippen LogP) is 0.674. The van der Waals surface area contributed by atoms with Gasteiger partial charge in [0.15, 0.2) is 0 Å². The molecule has 1 heterocycles. The van der Waals surface area contributed by atoms with Gasteiger partial charge < -0.3 is 0 Å². The van der Waals surface area contributed by atoms with Crippen molar-refractivity contribution in [2.75, 3.05) is 11.9 Å². The molecule has 0 atom stereocenters. The van der Waals surface area contributed by atoms with Crippen molar-refractivity contribution in [2.24, 2.45) is 0 Å². The first-order chi connectivity index (χ1) is 6.93. The molecule has 1 aliphatic heterocycles. The van der Waals surface area contributed by atoms with Gasteiger partial charge >= 0.3 is 6.03 Å². The maximum atomic E-state index is 13.4. The molecule has 2 amide bonds. The van der Waals surface area contributed by atoms with Crippen LogP contribution in [0, 0.1) is 5.82 Å². The highest BCUT2D eigenvalue weighted by molar-refractivity contribution is 7.90. The zero-order chi connectivity index (χ0) is 11.2. The Bertz CT molecular complexity index is 541. The highest BCUT2D eigenvalue weighted by atomic mass is 32.2. The molecular formula is C8H7FN2O3S. The Morgan fingerprint density at radius 1 is 1.40 bits per heavy atom.